The van der Waals surface area contributed by atoms with E-state index in [0.29, 0.717) is 16.3 Å². The minimum absolute atomic E-state index is 0.0888. The quantitative estimate of drug-likeness (QED) is 0.731. The number of amides is 1. The Morgan fingerprint density at radius 2 is 1.81 bits per heavy atom. The van der Waals surface area contributed by atoms with Crippen LogP contribution in [0.5, 0.6) is 0 Å². The van der Waals surface area contributed by atoms with Crippen LogP contribution >= 0.6 is 27.5 Å². The molecule has 0 heterocycles. The molecule has 1 N–H and O–H groups in total. The summed E-state index contributed by atoms with van der Waals surface area (Å²) in [5.41, 5.74) is 2.33. The first-order valence-electron chi connectivity index (χ1n) is 6.65. The summed E-state index contributed by atoms with van der Waals surface area (Å²) in [5.74, 6) is -0.116. The highest BCUT2D eigenvalue weighted by Gasteiger charge is 2.21. The molecule has 2 aromatic rings. The van der Waals surface area contributed by atoms with Gasteiger partial charge in [-0.05, 0) is 51.2 Å². The average Bonchev–Trinajstić information content (AvgIpc) is 2.42. The average molecular weight is 367 g/mol. The van der Waals surface area contributed by atoms with Gasteiger partial charge >= 0.3 is 0 Å². The lowest BCUT2D eigenvalue weighted by Gasteiger charge is -2.22. The van der Waals surface area contributed by atoms with Gasteiger partial charge in [0.05, 0.1) is 5.02 Å². The number of nitrogens with one attached hydrogen (secondary N) is 1. The first kappa shape index (κ1) is 16.1. The summed E-state index contributed by atoms with van der Waals surface area (Å²) in [4.78, 5) is 12.5. The number of rotatable bonds is 2. The summed E-state index contributed by atoms with van der Waals surface area (Å²) < 4.78 is 0.756. The lowest BCUT2D eigenvalue weighted by Crippen LogP contribution is -2.20. The summed E-state index contributed by atoms with van der Waals surface area (Å²) in [6, 6.07) is 13.0. The third-order valence-corrected chi connectivity index (χ3v) is 4.37. The number of carbonyl (C=O) groups excluding carboxylic acids is 1. The van der Waals surface area contributed by atoms with Crippen LogP contribution in [0.1, 0.15) is 36.7 Å². The number of halogens is 2. The van der Waals surface area contributed by atoms with Crippen LogP contribution in [0, 0.1) is 0 Å². The van der Waals surface area contributed by atoms with Gasteiger partial charge in [0, 0.05) is 15.7 Å². The minimum atomic E-state index is -0.116. The molecule has 2 aromatic carbocycles. The van der Waals surface area contributed by atoms with Gasteiger partial charge in [-0.2, -0.15) is 0 Å². The smallest absolute Gasteiger partial charge is 0.255 e. The number of hydrogen-bond acceptors (Lipinski definition) is 1. The van der Waals surface area contributed by atoms with Crippen molar-refractivity contribution in [2.45, 2.75) is 26.2 Å². The van der Waals surface area contributed by atoms with Gasteiger partial charge < -0.3 is 5.32 Å². The zero-order valence-corrected chi connectivity index (χ0v) is 14.5. The van der Waals surface area contributed by atoms with Gasteiger partial charge in [-0.15, -0.1) is 0 Å². The Morgan fingerprint density at radius 3 is 2.43 bits per heavy atom. The van der Waals surface area contributed by atoms with E-state index in [1.807, 2.05) is 24.3 Å². The van der Waals surface area contributed by atoms with Gasteiger partial charge in [-0.1, -0.05) is 50.6 Å². The zero-order chi connectivity index (χ0) is 15.6. The predicted octanol–water partition coefficient (Wildman–Crippen LogP) is 5.65. The number of anilines is 1. The molecule has 2 rings (SSSR count). The first-order valence-corrected chi connectivity index (χ1v) is 7.82. The largest absolute Gasteiger partial charge is 0.322 e. The molecule has 0 saturated carbocycles. The van der Waals surface area contributed by atoms with E-state index in [9.17, 15) is 4.79 Å². The van der Waals surface area contributed by atoms with E-state index < -0.39 is 0 Å². The van der Waals surface area contributed by atoms with Gasteiger partial charge in [-0.3, -0.25) is 4.79 Å². The summed E-state index contributed by atoms with van der Waals surface area (Å²) in [5, 5.41) is 3.53. The fraction of sp³-hybridized carbons (Fsp3) is 0.235. The molecule has 0 unspecified atom stereocenters. The van der Waals surface area contributed by atoms with E-state index in [1.54, 1.807) is 18.2 Å². The van der Waals surface area contributed by atoms with Crippen molar-refractivity contribution in [3.05, 3.63) is 63.1 Å². The maximum absolute atomic E-state index is 12.5. The molecule has 0 aliphatic carbocycles. The Hall–Kier alpha value is -1.32. The maximum atomic E-state index is 12.5. The van der Waals surface area contributed by atoms with Gasteiger partial charge in [0.15, 0.2) is 0 Å². The highest BCUT2D eigenvalue weighted by Crippen LogP contribution is 2.28. The van der Waals surface area contributed by atoms with E-state index in [4.69, 9.17) is 11.6 Å². The second-order valence-corrected chi connectivity index (χ2v) is 7.14. The molecular weight excluding hydrogens is 350 g/mol. The second kappa shape index (κ2) is 6.20. The Morgan fingerprint density at radius 1 is 1.14 bits per heavy atom. The van der Waals surface area contributed by atoms with Crippen LogP contribution in [0.2, 0.25) is 5.02 Å². The monoisotopic (exact) mass is 365 g/mol. The van der Waals surface area contributed by atoms with Crippen molar-refractivity contribution in [2.75, 3.05) is 5.32 Å². The maximum Gasteiger partial charge on any atom is 0.255 e. The van der Waals surface area contributed by atoms with Crippen molar-refractivity contribution in [2.24, 2.45) is 0 Å². The number of hydrogen-bond donors (Lipinski definition) is 1. The molecule has 0 bridgehead atoms. The van der Waals surface area contributed by atoms with Crippen molar-refractivity contribution >= 4 is 39.1 Å². The molecule has 0 radical (unpaired) electrons. The van der Waals surface area contributed by atoms with Crippen molar-refractivity contribution in [3.8, 4) is 0 Å². The van der Waals surface area contributed by atoms with Crippen LogP contribution in [0.15, 0.2) is 46.9 Å². The topological polar surface area (TPSA) is 29.1 Å². The first-order chi connectivity index (χ1) is 9.79. The van der Waals surface area contributed by atoms with Gasteiger partial charge in [0.1, 0.15) is 0 Å². The van der Waals surface area contributed by atoms with Gasteiger partial charge in [-0.25, -0.2) is 0 Å². The lowest BCUT2D eigenvalue weighted by atomic mass is 9.83. The van der Waals surface area contributed by atoms with E-state index in [-0.39, 0.29) is 11.3 Å². The molecule has 0 aromatic heterocycles. The molecule has 21 heavy (non-hydrogen) atoms. The van der Waals surface area contributed by atoms with E-state index in [0.717, 1.165) is 10.0 Å². The molecule has 0 aliphatic rings. The Labute approximate surface area is 138 Å². The molecule has 0 fully saturated rings. The Kier molecular flexibility index (Phi) is 4.74. The fourth-order valence-electron chi connectivity index (χ4n) is 2.11. The zero-order valence-electron chi connectivity index (χ0n) is 12.2. The summed E-state index contributed by atoms with van der Waals surface area (Å²) in [7, 11) is 0. The van der Waals surface area contributed by atoms with E-state index in [1.165, 1.54) is 0 Å². The molecular formula is C17H17BrClNO. The molecule has 110 valence electrons. The highest BCUT2D eigenvalue weighted by molar-refractivity contribution is 9.10. The molecule has 4 heteroatoms. The molecule has 0 spiro atoms. The molecule has 2 nitrogen and oxygen atoms in total. The summed E-state index contributed by atoms with van der Waals surface area (Å²) in [6.45, 7) is 6.29. The summed E-state index contributed by atoms with van der Waals surface area (Å²) in [6.07, 6.45) is 0. The second-order valence-electron chi connectivity index (χ2n) is 5.88. The van der Waals surface area contributed by atoms with Crippen LogP contribution in [0.25, 0.3) is 0 Å². The predicted molar refractivity (Wildman–Crippen MR) is 92.2 cm³/mol. The van der Waals surface area contributed by atoms with E-state index in [2.05, 4.69) is 42.0 Å². The van der Waals surface area contributed by atoms with Crippen LogP contribution in [-0.4, -0.2) is 5.91 Å². The Bertz CT molecular complexity index is 677. The van der Waals surface area contributed by atoms with Crippen LogP contribution < -0.4 is 5.32 Å². The SMILES string of the molecule is CC(C)(C)c1ccccc1C(=O)Nc1ccc(Cl)c(Br)c1. The van der Waals surface area contributed by atoms with Gasteiger partial charge in [0.25, 0.3) is 5.91 Å². The number of carbonyl (C=O) groups is 1. The minimum Gasteiger partial charge on any atom is -0.322 e. The highest BCUT2D eigenvalue weighted by atomic mass is 79.9. The van der Waals surface area contributed by atoms with Gasteiger partial charge in [0.2, 0.25) is 0 Å². The third kappa shape index (κ3) is 3.86. The van der Waals surface area contributed by atoms with Crippen molar-refractivity contribution in [3.63, 3.8) is 0 Å². The van der Waals surface area contributed by atoms with Crippen molar-refractivity contribution in [1.82, 2.24) is 0 Å². The van der Waals surface area contributed by atoms with Crippen LogP contribution in [0.4, 0.5) is 5.69 Å². The standard InChI is InChI=1S/C17H17BrClNO/c1-17(2,3)13-7-5-4-6-12(13)16(21)20-11-8-9-15(19)14(18)10-11/h4-10H,1-3H3,(H,20,21). The fourth-order valence-corrected chi connectivity index (χ4v) is 2.60. The molecule has 0 saturated heterocycles. The van der Waals surface area contributed by atoms with Crippen LogP contribution in [-0.2, 0) is 5.41 Å². The van der Waals surface area contributed by atoms with E-state index >= 15 is 0 Å². The normalized spacial score (nSPS) is 11.3. The van der Waals surface area contributed by atoms with Crippen molar-refractivity contribution < 1.29 is 4.79 Å². The third-order valence-electron chi connectivity index (χ3n) is 3.16. The Balaban J connectivity index is 2.31. The van der Waals surface area contributed by atoms with Crippen LogP contribution in [0.3, 0.4) is 0 Å². The molecule has 1 amide bonds. The molecule has 0 atom stereocenters. The number of benzene rings is 2. The lowest BCUT2D eigenvalue weighted by molar-refractivity contribution is 0.102. The molecule has 0 aliphatic heterocycles. The summed E-state index contributed by atoms with van der Waals surface area (Å²) >= 11 is 9.31. The van der Waals surface area contributed by atoms with Crippen molar-refractivity contribution in [1.29, 1.82) is 0 Å².